The van der Waals surface area contributed by atoms with Crippen molar-refractivity contribution in [3.63, 3.8) is 0 Å². The number of rotatable bonds is 0. The Balaban J connectivity index is 3.46. The largest absolute Gasteiger partial charge is 0.382 e. The Morgan fingerprint density at radius 3 is 2.60 bits per heavy atom. The molecule has 0 saturated carbocycles. The highest BCUT2D eigenvalue weighted by atomic mass is 79.9. The molecule has 0 radical (unpaired) electrons. The van der Waals surface area contributed by atoms with Crippen LogP contribution in [0, 0.1) is 0 Å². The zero-order valence-corrected chi connectivity index (χ0v) is 6.47. The van der Waals surface area contributed by atoms with Crippen LogP contribution >= 0.6 is 15.9 Å². The smallest absolute Gasteiger partial charge is 0.268 e. The minimum atomic E-state index is -0.370. The van der Waals surface area contributed by atoms with Gasteiger partial charge in [-0.05, 0) is 15.9 Å². The number of aromatic amines is 1. The predicted octanol–water partition coefficient (Wildman–Crippen LogP) is -0.303. The molecular weight excluding hydrogens is 200 g/mol. The lowest BCUT2D eigenvalue weighted by Gasteiger charge is -1.95. The average molecular weight is 205 g/mol. The molecule has 0 unspecified atom stereocenters. The summed E-state index contributed by atoms with van der Waals surface area (Å²) in [6.07, 6.45) is 0. The summed E-state index contributed by atoms with van der Waals surface area (Å²) >= 11 is 2.93. The van der Waals surface area contributed by atoms with Crippen LogP contribution in [0.2, 0.25) is 0 Å². The maximum Gasteiger partial charge on any atom is 0.268 e. The monoisotopic (exact) mass is 204 g/mol. The third-order valence-electron chi connectivity index (χ3n) is 0.907. The quantitative estimate of drug-likeness (QED) is 0.541. The SMILES string of the molecule is Nc1nc(N)c(Br)c(=O)[nH]1. The number of nitrogen functional groups attached to an aromatic ring is 2. The van der Waals surface area contributed by atoms with Gasteiger partial charge in [0.15, 0.2) is 0 Å². The van der Waals surface area contributed by atoms with Crippen LogP contribution in [-0.2, 0) is 0 Å². The van der Waals surface area contributed by atoms with E-state index in [9.17, 15) is 4.79 Å². The fraction of sp³-hybridized carbons (Fsp3) is 0. The van der Waals surface area contributed by atoms with Gasteiger partial charge in [0.2, 0.25) is 5.95 Å². The Kier molecular flexibility index (Phi) is 1.62. The molecule has 0 bridgehead atoms. The van der Waals surface area contributed by atoms with Crippen LogP contribution in [0.15, 0.2) is 9.27 Å². The zero-order chi connectivity index (χ0) is 7.72. The van der Waals surface area contributed by atoms with Crippen molar-refractivity contribution in [3.05, 3.63) is 14.8 Å². The second kappa shape index (κ2) is 2.30. The van der Waals surface area contributed by atoms with Gasteiger partial charge in [-0.15, -0.1) is 0 Å². The first kappa shape index (κ1) is 7.07. The number of hydrogen-bond acceptors (Lipinski definition) is 4. The minimum absolute atomic E-state index is 0.0192. The summed E-state index contributed by atoms with van der Waals surface area (Å²) in [5.74, 6) is 0.118. The molecule has 1 aromatic heterocycles. The van der Waals surface area contributed by atoms with Gasteiger partial charge in [0, 0.05) is 0 Å². The van der Waals surface area contributed by atoms with Gasteiger partial charge < -0.3 is 11.5 Å². The van der Waals surface area contributed by atoms with Crippen LogP contribution in [0.25, 0.3) is 0 Å². The lowest BCUT2D eigenvalue weighted by atomic mass is 10.6. The second-order valence-electron chi connectivity index (χ2n) is 1.65. The summed E-state index contributed by atoms with van der Waals surface area (Å²) in [6, 6.07) is 0. The van der Waals surface area contributed by atoms with Crippen molar-refractivity contribution < 1.29 is 0 Å². The zero-order valence-electron chi connectivity index (χ0n) is 4.89. The van der Waals surface area contributed by atoms with Crippen LogP contribution in [0.5, 0.6) is 0 Å². The Bertz CT molecular complexity index is 307. The number of hydrogen-bond donors (Lipinski definition) is 3. The van der Waals surface area contributed by atoms with Gasteiger partial charge in [0.25, 0.3) is 5.56 Å². The fourth-order valence-electron chi connectivity index (χ4n) is 0.494. The Morgan fingerprint density at radius 1 is 1.50 bits per heavy atom. The first-order chi connectivity index (χ1) is 4.61. The molecule has 0 atom stereocenters. The molecule has 0 aromatic carbocycles. The number of H-pyrrole nitrogens is 1. The van der Waals surface area contributed by atoms with Crippen molar-refractivity contribution in [1.82, 2.24) is 9.97 Å². The normalized spacial score (nSPS) is 9.70. The highest BCUT2D eigenvalue weighted by Gasteiger charge is 2.01. The molecular formula is C4H5BrN4O. The third kappa shape index (κ3) is 1.10. The first-order valence-electron chi connectivity index (χ1n) is 2.42. The molecule has 1 aromatic rings. The minimum Gasteiger partial charge on any atom is -0.382 e. The van der Waals surface area contributed by atoms with E-state index >= 15 is 0 Å². The molecule has 0 saturated heterocycles. The number of anilines is 2. The number of nitrogens with one attached hydrogen (secondary N) is 1. The second-order valence-corrected chi connectivity index (χ2v) is 2.44. The molecule has 5 nitrogen and oxygen atoms in total. The lowest BCUT2D eigenvalue weighted by molar-refractivity contribution is 1.13. The summed E-state index contributed by atoms with van der Waals surface area (Å²) in [5, 5.41) is 0. The van der Waals surface area contributed by atoms with Gasteiger partial charge >= 0.3 is 0 Å². The highest BCUT2D eigenvalue weighted by Crippen LogP contribution is 2.09. The maximum atomic E-state index is 10.8. The summed E-state index contributed by atoms with van der Waals surface area (Å²) in [4.78, 5) is 16.6. The van der Waals surface area contributed by atoms with Crippen molar-refractivity contribution in [2.45, 2.75) is 0 Å². The summed E-state index contributed by atoms with van der Waals surface area (Å²) in [6.45, 7) is 0. The lowest BCUT2D eigenvalue weighted by Crippen LogP contribution is -2.14. The summed E-state index contributed by atoms with van der Waals surface area (Å²) < 4.78 is 0.210. The van der Waals surface area contributed by atoms with Crippen molar-refractivity contribution in [3.8, 4) is 0 Å². The molecule has 1 heterocycles. The number of nitrogens with zero attached hydrogens (tertiary/aromatic N) is 1. The van der Waals surface area contributed by atoms with Crippen molar-refractivity contribution in [2.24, 2.45) is 0 Å². The van der Waals surface area contributed by atoms with E-state index in [-0.39, 0.29) is 21.8 Å². The van der Waals surface area contributed by atoms with E-state index in [4.69, 9.17) is 11.5 Å². The van der Waals surface area contributed by atoms with Gasteiger partial charge in [0.05, 0.1) is 0 Å². The van der Waals surface area contributed by atoms with Crippen molar-refractivity contribution in [2.75, 3.05) is 11.5 Å². The van der Waals surface area contributed by atoms with Crippen LogP contribution in [-0.4, -0.2) is 9.97 Å². The van der Waals surface area contributed by atoms with E-state index in [1.54, 1.807) is 0 Å². The van der Waals surface area contributed by atoms with Gasteiger partial charge in [0.1, 0.15) is 10.3 Å². The first-order valence-corrected chi connectivity index (χ1v) is 3.21. The van der Waals surface area contributed by atoms with Gasteiger partial charge in [-0.1, -0.05) is 0 Å². The molecule has 0 fully saturated rings. The Labute approximate surface area is 64.6 Å². The van der Waals surface area contributed by atoms with Crippen LogP contribution in [0.4, 0.5) is 11.8 Å². The molecule has 0 aliphatic rings. The molecule has 54 valence electrons. The number of nitrogens with two attached hydrogens (primary N) is 2. The molecule has 0 aliphatic heterocycles. The van der Waals surface area contributed by atoms with E-state index in [0.717, 1.165) is 0 Å². The summed E-state index contributed by atoms with van der Waals surface area (Å²) in [7, 11) is 0. The number of halogens is 1. The van der Waals surface area contributed by atoms with Crippen LogP contribution in [0.1, 0.15) is 0 Å². The fourth-order valence-corrected chi connectivity index (χ4v) is 0.682. The molecule has 0 spiro atoms. The highest BCUT2D eigenvalue weighted by molar-refractivity contribution is 9.10. The van der Waals surface area contributed by atoms with E-state index in [1.165, 1.54) is 0 Å². The van der Waals surface area contributed by atoms with E-state index < -0.39 is 0 Å². The Hall–Kier alpha value is -1.04. The maximum absolute atomic E-state index is 10.8. The molecule has 5 N–H and O–H groups in total. The van der Waals surface area contributed by atoms with Crippen molar-refractivity contribution in [1.29, 1.82) is 0 Å². The molecule has 6 heteroatoms. The Morgan fingerprint density at radius 2 is 2.10 bits per heavy atom. The standard InChI is InChI=1S/C4H5BrN4O/c5-1-2(6)8-4(7)9-3(1)10/h(H5,6,7,8,9,10). The van der Waals surface area contributed by atoms with E-state index in [0.29, 0.717) is 0 Å². The molecule has 0 amide bonds. The van der Waals surface area contributed by atoms with Gasteiger partial charge in [-0.3, -0.25) is 9.78 Å². The van der Waals surface area contributed by atoms with Crippen LogP contribution in [0.3, 0.4) is 0 Å². The van der Waals surface area contributed by atoms with Gasteiger partial charge in [-0.25, -0.2) is 0 Å². The third-order valence-corrected chi connectivity index (χ3v) is 1.67. The molecule has 10 heavy (non-hydrogen) atoms. The van der Waals surface area contributed by atoms with E-state index in [1.807, 2.05) is 0 Å². The van der Waals surface area contributed by atoms with E-state index in [2.05, 4.69) is 25.9 Å². The molecule has 0 aliphatic carbocycles. The number of aromatic nitrogens is 2. The summed E-state index contributed by atoms with van der Waals surface area (Å²) in [5.41, 5.74) is 10.1. The van der Waals surface area contributed by atoms with Gasteiger partial charge in [-0.2, -0.15) is 4.98 Å². The molecule has 1 rings (SSSR count). The topological polar surface area (TPSA) is 97.8 Å². The van der Waals surface area contributed by atoms with Crippen LogP contribution < -0.4 is 17.0 Å². The van der Waals surface area contributed by atoms with Crippen molar-refractivity contribution >= 4 is 27.7 Å². The predicted molar refractivity (Wildman–Crippen MR) is 41.4 cm³/mol. The average Bonchev–Trinajstić information content (AvgIpc) is 1.82.